The number of benzene rings is 1. The Labute approximate surface area is 103 Å². The van der Waals surface area contributed by atoms with Gasteiger partial charge in [-0.3, -0.25) is 0 Å². The van der Waals surface area contributed by atoms with Crippen molar-refractivity contribution >= 4 is 5.57 Å². The van der Waals surface area contributed by atoms with Gasteiger partial charge >= 0.3 is 0 Å². The number of hydrogen-bond donors (Lipinski definition) is 2. The highest BCUT2D eigenvalue weighted by Crippen LogP contribution is 2.39. The first-order valence-electron chi connectivity index (χ1n) is 5.06. The largest absolute Gasteiger partial charge is 0.507 e. The predicted octanol–water partition coefficient (Wildman–Crippen LogP) is 1.59. The molecule has 0 bridgehead atoms. The second-order valence-electron chi connectivity index (χ2n) is 3.53. The molecule has 1 aromatic rings. The van der Waals surface area contributed by atoms with Crippen LogP contribution in [-0.4, -0.2) is 10.2 Å². The minimum atomic E-state index is -0.398. The van der Waals surface area contributed by atoms with Gasteiger partial charge in [-0.2, -0.15) is 10.5 Å². The van der Waals surface area contributed by atoms with Crippen LogP contribution in [0.25, 0.3) is 5.57 Å². The summed E-state index contributed by atoms with van der Waals surface area (Å²) in [5.74, 6) is 0.166. The molecule has 0 radical (unpaired) electrons. The summed E-state index contributed by atoms with van der Waals surface area (Å²) in [7, 11) is 0. The molecule has 5 heteroatoms. The summed E-state index contributed by atoms with van der Waals surface area (Å²) in [6.45, 7) is -0.398. The predicted molar refractivity (Wildman–Crippen MR) is 61.9 cm³/mol. The quantitative estimate of drug-likeness (QED) is 0.726. The third kappa shape index (κ3) is 1.69. The molecule has 0 unspecified atom stereocenters. The molecule has 18 heavy (non-hydrogen) atoms. The molecule has 0 aromatic heterocycles. The number of nitrogens with zero attached hydrogens (tertiary/aromatic N) is 2. The normalized spacial score (nSPS) is 12.1. The maximum absolute atomic E-state index is 9.60. The van der Waals surface area contributed by atoms with E-state index in [0.717, 1.165) is 0 Å². The fourth-order valence-electron chi connectivity index (χ4n) is 1.74. The number of hydrogen-bond acceptors (Lipinski definition) is 5. The lowest BCUT2D eigenvalue weighted by molar-refractivity contribution is 0.269. The van der Waals surface area contributed by atoms with E-state index in [0.29, 0.717) is 11.1 Å². The molecule has 1 aliphatic heterocycles. The highest BCUT2D eigenvalue weighted by molar-refractivity contribution is 5.86. The van der Waals surface area contributed by atoms with Crippen LogP contribution in [0.5, 0.6) is 11.5 Å². The first-order chi connectivity index (χ1) is 8.72. The van der Waals surface area contributed by atoms with Crippen LogP contribution >= 0.6 is 0 Å². The fourth-order valence-corrected chi connectivity index (χ4v) is 1.74. The second kappa shape index (κ2) is 4.62. The van der Waals surface area contributed by atoms with Crippen LogP contribution < -0.4 is 4.74 Å². The Morgan fingerprint density at radius 2 is 2.00 bits per heavy atom. The molecule has 0 saturated heterocycles. The van der Waals surface area contributed by atoms with Crippen LogP contribution in [0.1, 0.15) is 11.1 Å². The van der Waals surface area contributed by atoms with E-state index < -0.39 is 6.61 Å². The van der Waals surface area contributed by atoms with E-state index in [1.54, 1.807) is 12.1 Å². The van der Waals surface area contributed by atoms with Crippen LogP contribution in [-0.2, 0) is 6.61 Å². The standard InChI is InChI=1S/C13H8N2O3/c14-5-8(6-15)9-3-4-18-13-10(9)1-2-12(17)11(13)7-16/h1-4,16-17H,7H2. The zero-order valence-corrected chi connectivity index (χ0v) is 9.21. The molecule has 0 amide bonds. The van der Waals surface area contributed by atoms with Crippen LogP contribution in [0.15, 0.2) is 30.0 Å². The summed E-state index contributed by atoms with van der Waals surface area (Å²) in [5, 5.41) is 36.6. The number of ether oxygens (including phenoxy) is 1. The highest BCUT2D eigenvalue weighted by atomic mass is 16.5. The van der Waals surface area contributed by atoms with Gasteiger partial charge < -0.3 is 14.9 Å². The van der Waals surface area contributed by atoms with E-state index in [1.165, 1.54) is 24.5 Å². The van der Waals surface area contributed by atoms with E-state index >= 15 is 0 Å². The van der Waals surface area contributed by atoms with E-state index in [9.17, 15) is 10.2 Å². The molecular weight excluding hydrogens is 232 g/mol. The Morgan fingerprint density at radius 3 is 2.61 bits per heavy atom. The average molecular weight is 240 g/mol. The number of aliphatic hydroxyl groups is 1. The summed E-state index contributed by atoms with van der Waals surface area (Å²) in [5.41, 5.74) is 1.09. The summed E-state index contributed by atoms with van der Waals surface area (Å²) in [6, 6.07) is 6.53. The minimum absolute atomic E-state index is 0.0506. The zero-order chi connectivity index (χ0) is 13.1. The number of aromatic hydroxyl groups is 1. The zero-order valence-electron chi connectivity index (χ0n) is 9.21. The summed E-state index contributed by atoms with van der Waals surface area (Å²) < 4.78 is 5.24. The van der Waals surface area contributed by atoms with Gasteiger partial charge in [-0.05, 0) is 18.2 Å². The Kier molecular flexibility index (Phi) is 3.01. The molecule has 88 valence electrons. The Balaban J connectivity index is 2.75. The third-order valence-corrected chi connectivity index (χ3v) is 2.60. The Hall–Kier alpha value is -2.76. The maximum atomic E-state index is 9.60. The molecule has 0 atom stereocenters. The van der Waals surface area contributed by atoms with Crippen molar-refractivity contribution in [3.63, 3.8) is 0 Å². The monoisotopic (exact) mass is 240 g/mol. The lowest BCUT2D eigenvalue weighted by Gasteiger charge is -2.18. The highest BCUT2D eigenvalue weighted by Gasteiger charge is 2.20. The number of nitriles is 2. The molecular formula is C13H8N2O3. The molecule has 1 aromatic carbocycles. The SMILES string of the molecule is N#CC(C#N)=C1C=COc2c1ccc(O)c2CO. The summed E-state index contributed by atoms with van der Waals surface area (Å²) in [4.78, 5) is 0. The Bertz CT molecular complexity index is 629. The Morgan fingerprint density at radius 1 is 1.28 bits per heavy atom. The van der Waals surface area contributed by atoms with Crippen molar-refractivity contribution in [2.45, 2.75) is 6.61 Å². The van der Waals surface area contributed by atoms with Crippen molar-refractivity contribution in [3.8, 4) is 23.6 Å². The van der Waals surface area contributed by atoms with Crippen LogP contribution in [0, 0.1) is 22.7 Å². The molecule has 0 fully saturated rings. The van der Waals surface area contributed by atoms with E-state index in [-0.39, 0.29) is 22.6 Å². The van der Waals surface area contributed by atoms with Crippen molar-refractivity contribution in [2.75, 3.05) is 0 Å². The molecule has 1 aliphatic rings. The van der Waals surface area contributed by atoms with Crippen LogP contribution in [0.2, 0.25) is 0 Å². The van der Waals surface area contributed by atoms with Gasteiger partial charge in [0.05, 0.1) is 18.4 Å². The summed E-state index contributed by atoms with van der Waals surface area (Å²) >= 11 is 0. The lowest BCUT2D eigenvalue weighted by atomic mass is 9.96. The number of allylic oxidation sites excluding steroid dienone is 3. The minimum Gasteiger partial charge on any atom is -0.507 e. The molecule has 0 aliphatic carbocycles. The van der Waals surface area contributed by atoms with Gasteiger partial charge in [-0.1, -0.05) is 0 Å². The fraction of sp³-hybridized carbons (Fsp3) is 0.0769. The molecule has 0 saturated carbocycles. The average Bonchev–Trinajstić information content (AvgIpc) is 2.40. The first kappa shape index (κ1) is 11.7. The molecule has 5 nitrogen and oxygen atoms in total. The van der Waals surface area contributed by atoms with E-state index in [1.807, 2.05) is 0 Å². The number of fused-ring (bicyclic) bond motifs is 1. The van der Waals surface area contributed by atoms with E-state index in [2.05, 4.69) is 0 Å². The van der Waals surface area contributed by atoms with E-state index in [4.69, 9.17) is 15.3 Å². The number of aliphatic hydroxyl groups excluding tert-OH is 1. The van der Waals surface area contributed by atoms with Gasteiger partial charge in [0.15, 0.2) is 0 Å². The van der Waals surface area contributed by atoms with Gasteiger partial charge in [-0.15, -0.1) is 0 Å². The van der Waals surface area contributed by atoms with Crippen molar-refractivity contribution in [1.82, 2.24) is 0 Å². The van der Waals surface area contributed by atoms with Gasteiger partial charge in [0, 0.05) is 11.1 Å². The van der Waals surface area contributed by atoms with Crippen molar-refractivity contribution < 1.29 is 14.9 Å². The van der Waals surface area contributed by atoms with Gasteiger partial charge in [0.2, 0.25) is 0 Å². The van der Waals surface area contributed by atoms with Crippen molar-refractivity contribution in [2.24, 2.45) is 0 Å². The van der Waals surface area contributed by atoms with Gasteiger partial charge in [0.25, 0.3) is 0 Å². The van der Waals surface area contributed by atoms with Crippen molar-refractivity contribution in [3.05, 3.63) is 41.2 Å². The first-order valence-corrected chi connectivity index (χ1v) is 5.06. The van der Waals surface area contributed by atoms with Gasteiger partial charge in [-0.25, -0.2) is 0 Å². The smallest absolute Gasteiger partial charge is 0.143 e. The molecule has 0 spiro atoms. The number of phenols is 1. The van der Waals surface area contributed by atoms with Gasteiger partial charge in [0.1, 0.15) is 29.2 Å². The second-order valence-corrected chi connectivity index (χ2v) is 3.53. The molecule has 2 rings (SSSR count). The summed E-state index contributed by atoms with van der Waals surface area (Å²) in [6.07, 6.45) is 2.81. The maximum Gasteiger partial charge on any atom is 0.143 e. The lowest BCUT2D eigenvalue weighted by Crippen LogP contribution is -2.02. The van der Waals surface area contributed by atoms with Crippen LogP contribution in [0.4, 0.5) is 0 Å². The van der Waals surface area contributed by atoms with Crippen LogP contribution in [0.3, 0.4) is 0 Å². The topological polar surface area (TPSA) is 97.3 Å². The number of rotatable bonds is 1. The molecule has 2 N–H and O–H groups in total. The third-order valence-electron chi connectivity index (χ3n) is 2.60. The van der Waals surface area contributed by atoms with Crippen molar-refractivity contribution in [1.29, 1.82) is 10.5 Å². The molecule has 1 heterocycles.